The molecule has 0 bridgehead atoms. The van der Waals surface area contributed by atoms with Gasteiger partial charge in [-0.3, -0.25) is 0 Å². The standard InChI is InChI=1S/C13H21FN2/c1-10(2)4-5-16(3)9-11-6-12(14)8-13(15)7-11/h6-8,10H,4-5,9,15H2,1-3H3. The van der Waals surface area contributed by atoms with Crippen molar-refractivity contribution in [1.29, 1.82) is 0 Å². The number of nitrogen functional groups attached to an aromatic ring is 1. The van der Waals surface area contributed by atoms with Gasteiger partial charge in [0, 0.05) is 12.2 Å². The van der Waals surface area contributed by atoms with Crippen molar-refractivity contribution in [3.63, 3.8) is 0 Å². The van der Waals surface area contributed by atoms with Crippen molar-refractivity contribution in [2.45, 2.75) is 26.8 Å². The van der Waals surface area contributed by atoms with Crippen molar-refractivity contribution >= 4 is 5.69 Å². The predicted molar refractivity (Wildman–Crippen MR) is 66.6 cm³/mol. The molecule has 0 radical (unpaired) electrons. The Labute approximate surface area is 97.3 Å². The SMILES string of the molecule is CC(C)CCN(C)Cc1cc(N)cc(F)c1. The summed E-state index contributed by atoms with van der Waals surface area (Å²) in [5, 5.41) is 0. The van der Waals surface area contributed by atoms with Crippen molar-refractivity contribution in [3.05, 3.63) is 29.6 Å². The van der Waals surface area contributed by atoms with Gasteiger partial charge in [-0.2, -0.15) is 0 Å². The Balaban J connectivity index is 2.52. The second-order valence-electron chi connectivity index (χ2n) is 4.81. The third-order valence-electron chi connectivity index (χ3n) is 2.52. The zero-order valence-electron chi connectivity index (χ0n) is 10.3. The van der Waals surface area contributed by atoms with Gasteiger partial charge >= 0.3 is 0 Å². The van der Waals surface area contributed by atoms with E-state index in [4.69, 9.17) is 5.73 Å². The molecule has 0 heterocycles. The quantitative estimate of drug-likeness (QED) is 0.779. The number of halogens is 1. The highest BCUT2D eigenvalue weighted by Gasteiger charge is 2.04. The minimum Gasteiger partial charge on any atom is -0.399 e. The average molecular weight is 224 g/mol. The molecule has 3 heteroatoms. The number of nitrogens with zero attached hydrogens (tertiary/aromatic N) is 1. The molecule has 90 valence electrons. The molecule has 2 N–H and O–H groups in total. The summed E-state index contributed by atoms with van der Waals surface area (Å²) in [7, 11) is 2.05. The maximum atomic E-state index is 13.1. The fourth-order valence-corrected chi connectivity index (χ4v) is 1.64. The number of anilines is 1. The fraction of sp³-hybridized carbons (Fsp3) is 0.538. The van der Waals surface area contributed by atoms with E-state index < -0.39 is 0 Å². The maximum absolute atomic E-state index is 13.1. The van der Waals surface area contributed by atoms with Gasteiger partial charge in [-0.05, 0) is 49.7 Å². The molecule has 0 aromatic heterocycles. The maximum Gasteiger partial charge on any atom is 0.125 e. The second-order valence-corrected chi connectivity index (χ2v) is 4.81. The Morgan fingerprint density at radius 3 is 2.56 bits per heavy atom. The first-order valence-corrected chi connectivity index (χ1v) is 5.71. The monoisotopic (exact) mass is 224 g/mol. The van der Waals surface area contributed by atoms with E-state index in [0.29, 0.717) is 11.6 Å². The largest absolute Gasteiger partial charge is 0.399 e. The van der Waals surface area contributed by atoms with E-state index in [1.807, 2.05) is 13.1 Å². The molecule has 1 aromatic carbocycles. The van der Waals surface area contributed by atoms with Gasteiger partial charge in [0.15, 0.2) is 0 Å². The molecule has 0 fully saturated rings. The minimum absolute atomic E-state index is 0.257. The Morgan fingerprint density at radius 2 is 2.00 bits per heavy atom. The van der Waals surface area contributed by atoms with Gasteiger partial charge in [-0.25, -0.2) is 4.39 Å². The molecule has 0 aliphatic rings. The van der Waals surface area contributed by atoms with E-state index in [9.17, 15) is 4.39 Å². The third-order valence-corrected chi connectivity index (χ3v) is 2.52. The van der Waals surface area contributed by atoms with Gasteiger partial charge in [0.2, 0.25) is 0 Å². The molecule has 0 saturated carbocycles. The van der Waals surface area contributed by atoms with Crippen LogP contribution in [-0.4, -0.2) is 18.5 Å². The number of benzene rings is 1. The Kier molecular flexibility index (Phi) is 4.74. The van der Waals surface area contributed by atoms with Crippen LogP contribution >= 0.6 is 0 Å². The minimum atomic E-state index is -0.257. The predicted octanol–water partition coefficient (Wildman–Crippen LogP) is 2.89. The van der Waals surface area contributed by atoms with Crippen LogP contribution in [0.3, 0.4) is 0 Å². The van der Waals surface area contributed by atoms with Gasteiger partial charge < -0.3 is 10.6 Å². The van der Waals surface area contributed by atoms with E-state index in [1.165, 1.54) is 6.07 Å². The lowest BCUT2D eigenvalue weighted by Gasteiger charge is -2.18. The zero-order valence-corrected chi connectivity index (χ0v) is 10.3. The summed E-state index contributed by atoms with van der Waals surface area (Å²) >= 11 is 0. The van der Waals surface area contributed by atoms with Crippen molar-refractivity contribution in [2.24, 2.45) is 5.92 Å². The molecular formula is C13H21FN2. The topological polar surface area (TPSA) is 29.3 Å². The van der Waals surface area contributed by atoms with Gasteiger partial charge in [-0.1, -0.05) is 13.8 Å². The lowest BCUT2D eigenvalue weighted by molar-refractivity contribution is 0.303. The Morgan fingerprint density at radius 1 is 1.31 bits per heavy atom. The van der Waals surface area contributed by atoms with Crippen LogP contribution in [0.2, 0.25) is 0 Å². The summed E-state index contributed by atoms with van der Waals surface area (Å²) in [5.41, 5.74) is 7.03. The van der Waals surface area contributed by atoms with E-state index in [1.54, 1.807) is 6.07 Å². The molecule has 0 aliphatic carbocycles. The first kappa shape index (κ1) is 13.0. The average Bonchev–Trinajstić information content (AvgIpc) is 2.12. The van der Waals surface area contributed by atoms with Gasteiger partial charge in [-0.15, -0.1) is 0 Å². The van der Waals surface area contributed by atoms with Crippen LogP contribution in [0.5, 0.6) is 0 Å². The van der Waals surface area contributed by atoms with E-state index in [2.05, 4.69) is 18.7 Å². The number of nitrogens with two attached hydrogens (primary N) is 1. The first-order valence-electron chi connectivity index (χ1n) is 5.71. The van der Waals surface area contributed by atoms with Crippen molar-refractivity contribution < 1.29 is 4.39 Å². The lowest BCUT2D eigenvalue weighted by Crippen LogP contribution is -2.20. The van der Waals surface area contributed by atoms with E-state index in [0.717, 1.165) is 25.1 Å². The van der Waals surface area contributed by atoms with Crippen LogP contribution in [-0.2, 0) is 6.54 Å². The number of rotatable bonds is 5. The highest BCUT2D eigenvalue weighted by Crippen LogP contribution is 2.13. The highest BCUT2D eigenvalue weighted by atomic mass is 19.1. The van der Waals surface area contributed by atoms with Gasteiger partial charge in [0.05, 0.1) is 0 Å². The summed E-state index contributed by atoms with van der Waals surface area (Å²) in [6.45, 7) is 6.17. The smallest absolute Gasteiger partial charge is 0.125 e. The molecule has 1 aromatic rings. The summed E-state index contributed by atoms with van der Waals surface area (Å²) in [6, 6.07) is 4.72. The molecule has 1 rings (SSSR count). The number of hydrogen-bond acceptors (Lipinski definition) is 2. The number of hydrogen-bond donors (Lipinski definition) is 1. The molecule has 2 nitrogen and oxygen atoms in total. The summed E-state index contributed by atoms with van der Waals surface area (Å²) < 4.78 is 13.1. The Bertz CT molecular complexity index is 316. The molecule has 0 amide bonds. The third kappa shape index (κ3) is 4.62. The van der Waals surface area contributed by atoms with Crippen molar-refractivity contribution in [3.8, 4) is 0 Å². The molecule has 0 aliphatic heterocycles. The van der Waals surface area contributed by atoms with E-state index >= 15 is 0 Å². The summed E-state index contributed by atoms with van der Waals surface area (Å²) in [6.07, 6.45) is 1.15. The van der Waals surface area contributed by atoms with Crippen LogP contribution in [0.15, 0.2) is 18.2 Å². The van der Waals surface area contributed by atoms with Crippen LogP contribution in [0.4, 0.5) is 10.1 Å². The summed E-state index contributed by atoms with van der Waals surface area (Å²) in [5.74, 6) is 0.437. The highest BCUT2D eigenvalue weighted by molar-refractivity contribution is 5.41. The van der Waals surface area contributed by atoms with Crippen LogP contribution < -0.4 is 5.73 Å². The Hall–Kier alpha value is -1.09. The zero-order chi connectivity index (χ0) is 12.1. The molecule has 0 saturated heterocycles. The molecule has 0 spiro atoms. The fourth-order valence-electron chi connectivity index (χ4n) is 1.64. The van der Waals surface area contributed by atoms with Crippen LogP contribution in [0, 0.1) is 11.7 Å². The first-order chi connectivity index (χ1) is 7.47. The summed E-state index contributed by atoms with van der Waals surface area (Å²) in [4.78, 5) is 2.19. The molecular weight excluding hydrogens is 203 g/mol. The van der Waals surface area contributed by atoms with Crippen molar-refractivity contribution in [2.75, 3.05) is 19.3 Å². The molecule has 16 heavy (non-hydrogen) atoms. The van der Waals surface area contributed by atoms with Crippen LogP contribution in [0.1, 0.15) is 25.8 Å². The molecule has 0 unspecified atom stereocenters. The van der Waals surface area contributed by atoms with E-state index in [-0.39, 0.29) is 5.82 Å². The van der Waals surface area contributed by atoms with Gasteiger partial charge in [0.25, 0.3) is 0 Å². The van der Waals surface area contributed by atoms with Crippen molar-refractivity contribution in [1.82, 2.24) is 4.90 Å². The van der Waals surface area contributed by atoms with Gasteiger partial charge in [0.1, 0.15) is 5.82 Å². The lowest BCUT2D eigenvalue weighted by atomic mass is 10.1. The van der Waals surface area contributed by atoms with Crippen LogP contribution in [0.25, 0.3) is 0 Å². The molecule has 0 atom stereocenters. The normalized spacial score (nSPS) is 11.4. The second kappa shape index (κ2) is 5.85.